The van der Waals surface area contributed by atoms with Gasteiger partial charge in [-0.3, -0.25) is 10.2 Å². The second-order valence-electron chi connectivity index (χ2n) is 4.20. The molecule has 0 bridgehead atoms. The van der Waals surface area contributed by atoms with E-state index in [4.69, 9.17) is 23.2 Å². The number of anilines is 2. The molecule has 0 aromatic carbocycles. The third-order valence-corrected chi connectivity index (χ3v) is 3.24. The van der Waals surface area contributed by atoms with Crippen molar-refractivity contribution in [3.63, 3.8) is 0 Å². The molecular formula is C10H15ClN6O. The first-order valence-corrected chi connectivity index (χ1v) is 6.03. The first-order chi connectivity index (χ1) is 8.61. The fourth-order valence-corrected chi connectivity index (χ4v) is 2.26. The Morgan fingerprint density at radius 1 is 1.61 bits per heavy atom. The number of nitrogens with zero attached hydrogens (tertiary/aromatic N) is 3. The summed E-state index contributed by atoms with van der Waals surface area (Å²) in [6, 6.07) is 0. The first kappa shape index (κ1) is 12.8. The van der Waals surface area contributed by atoms with Crippen molar-refractivity contribution in [2.75, 3.05) is 23.4 Å². The van der Waals surface area contributed by atoms with Crippen molar-refractivity contribution in [1.82, 2.24) is 9.97 Å². The molecule has 2 heterocycles. The highest BCUT2D eigenvalue weighted by molar-refractivity contribution is 6.32. The Labute approximate surface area is 109 Å². The molecule has 1 aliphatic heterocycles. The van der Waals surface area contributed by atoms with E-state index in [9.17, 15) is 4.79 Å². The fraction of sp³-hybridized carbons (Fsp3) is 0.500. The van der Waals surface area contributed by atoms with Gasteiger partial charge in [-0.15, -0.1) is 0 Å². The number of halogens is 1. The maximum Gasteiger partial charge on any atom is 0.239 e. The maximum atomic E-state index is 11.2. The Morgan fingerprint density at radius 2 is 2.39 bits per heavy atom. The smallest absolute Gasteiger partial charge is 0.239 e. The zero-order valence-electron chi connectivity index (χ0n) is 9.77. The molecule has 1 aromatic heterocycles. The van der Waals surface area contributed by atoms with Crippen molar-refractivity contribution in [1.29, 1.82) is 0 Å². The van der Waals surface area contributed by atoms with Gasteiger partial charge in [0.15, 0.2) is 5.82 Å². The van der Waals surface area contributed by atoms with Gasteiger partial charge in [0.05, 0.1) is 12.1 Å². The lowest BCUT2D eigenvalue weighted by Gasteiger charge is -2.32. The van der Waals surface area contributed by atoms with E-state index < -0.39 is 0 Å². The molecule has 1 fully saturated rings. The number of aromatic nitrogens is 2. The van der Waals surface area contributed by atoms with Crippen LogP contribution < -0.4 is 21.9 Å². The van der Waals surface area contributed by atoms with Gasteiger partial charge in [-0.2, -0.15) is 4.98 Å². The van der Waals surface area contributed by atoms with Crippen LogP contribution >= 0.6 is 11.6 Å². The number of nitrogen functional groups attached to an aromatic ring is 1. The van der Waals surface area contributed by atoms with E-state index in [-0.39, 0.29) is 17.8 Å². The minimum atomic E-state index is -0.290. The number of nitrogens with one attached hydrogen (secondary N) is 1. The van der Waals surface area contributed by atoms with Crippen molar-refractivity contribution < 1.29 is 4.79 Å². The van der Waals surface area contributed by atoms with Crippen LogP contribution in [0.3, 0.4) is 0 Å². The quantitative estimate of drug-likeness (QED) is 0.531. The van der Waals surface area contributed by atoms with Crippen LogP contribution in [-0.2, 0) is 4.79 Å². The van der Waals surface area contributed by atoms with Crippen molar-refractivity contribution in [2.45, 2.75) is 12.8 Å². The largest absolute Gasteiger partial charge is 0.369 e. The Kier molecular flexibility index (Phi) is 3.83. The number of carbonyl (C=O) groups excluding carboxylic acids is 1. The lowest BCUT2D eigenvalue weighted by Crippen LogP contribution is -2.41. The summed E-state index contributed by atoms with van der Waals surface area (Å²) in [7, 11) is 0. The number of rotatable bonds is 3. The van der Waals surface area contributed by atoms with Crippen LogP contribution in [-0.4, -0.2) is 29.0 Å². The topological polar surface area (TPSA) is 110 Å². The normalized spacial score (nSPS) is 19.7. The zero-order chi connectivity index (χ0) is 13.1. The number of primary amides is 1. The summed E-state index contributed by atoms with van der Waals surface area (Å²) in [6.45, 7) is 1.31. The summed E-state index contributed by atoms with van der Waals surface area (Å²) in [6.07, 6.45) is 3.16. The fourth-order valence-electron chi connectivity index (χ4n) is 2.05. The molecule has 1 saturated heterocycles. The number of hydrazine groups is 1. The van der Waals surface area contributed by atoms with Crippen molar-refractivity contribution in [3.05, 3.63) is 11.2 Å². The molecule has 7 nitrogen and oxygen atoms in total. The maximum absolute atomic E-state index is 11.2. The molecule has 18 heavy (non-hydrogen) atoms. The Hall–Kier alpha value is -1.60. The minimum Gasteiger partial charge on any atom is -0.369 e. The van der Waals surface area contributed by atoms with E-state index in [0.29, 0.717) is 17.4 Å². The molecule has 98 valence electrons. The molecule has 0 radical (unpaired) electrons. The standard InChI is InChI=1S/C10H15ClN6O/c11-7-4-14-10(16-13)15-9(7)17-3-1-2-6(5-17)8(12)18/h4,6H,1-3,5,13H2,(H2,12,18)(H,14,15,16). The van der Waals surface area contributed by atoms with Crippen LogP contribution in [0.25, 0.3) is 0 Å². The van der Waals surface area contributed by atoms with Crippen LogP contribution in [0.5, 0.6) is 0 Å². The highest BCUT2D eigenvalue weighted by Gasteiger charge is 2.26. The molecule has 1 unspecified atom stereocenters. The SMILES string of the molecule is NNc1ncc(Cl)c(N2CCCC(C(N)=O)C2)n1. The summed E-state index contributed by atoms with van der Waals surface area (Å²) >= 11 is 6.06. The third-order valence-electron chi connectivity index (χ3n) is 2.98. The zero-order valence-corrected chi connectivity index (χ0v) is 10.5. The van der Waals surface area contributed by atoms with Gasteiger partial charge >= 0.3 is 0 Å². The van der Waals surface area contributed by atoms with Crippen molar-refractivity contribution in [2.24, 2.45) is 17.5 Å². The van der Waals surface area contributed by atoms with Crippen LogP contribution in [0.2, 0.25) is 5.02 Å². The Bertz CT molecular complexity index is 454. The number of piperidine rings is 1. The van der Waals surface area contributed by atoms with Gasteiger partial charge in [0.1, 0.15) is 5.02 Å². The Morgan fingerprint density at radius 3 is 3.06 bits per heavy atom. The number of hydrogen-bond donors (Lipinski definition) is 3. The number of nitrogens with two attached hydrogens (primary N) is 2. The molecule has 5 N–H and O–H groups in total. The summed E-state index contributed by atoms with van der Waals surface area (Å²) in [5, 5.41) is 0.430. The van der Waals surface area contributed by atoms with Crippen LogP contribution in [0.15, 0.2) is 6.20 Å². The van der Waals surface area contributed by atoms with Gasteiger partial charge in [-0.25, -0.2) is 10.8 Å². The molecule has 1 aliphatic rings. The van der Waals surface area contributed by atoms with E-state index in [2.05, 4.69) is 15.4 Å². The number of hydrogen-bond acceptors (Lipinski definition) is 6. The second kappa shape index (κ2) is 5.36. The third kappa shape index (κ3) is 2.62. The summed E-state index contributed by atoms with van der Waals surface area (Å²) in [5.41, 5.74) is 7.71. The van der Waals surface area contributed by atoms with E-state index in [1.165, 1.54) is 6.20 Å². The first-order valence-electron chi connectivity index (χ1n) is 5.65. The average molecular weight is 271 g/mol. The van der Waals surface area contributed by atoms with E-state index in [1.54, 1.807) is 0 Å². The minimum absolute atomic E-state index is 0.168. The lowest BCUT2D eigenvalue weighted by molar-refractivity contribution is -0.122. The molecule has 1 amide bonds. The summed E-state index contributed by atoms with van der Waals surface area (Å²) in [4.78, 5) is 21.3. The molecule has 0 saturated carbocycles. The highest BCUT2D eigenvalue weighted by Crippen LogP contribution is 2.28. The van der Waals surface area contributed by atoms with Gasteiger partial charge in [0, 0.05) is 13.1 Å². The van der Waals surface area contributed by atoms with E-state index >= 15 is 0 Å². The molecular weight excluding hydrogens is 256 g/mol. The molecule has 8 heteroatoms. The van der Waals surface area contributed by atoms with Gasteiger partial charge in [-0.05, 0) is 12.8 Å². The highest BCUT2D eigenvalue weighted by atomic mass is 35.5. The van der Waals surface area contributed by atoms with Gasteiger partial charge in [0.25, 0.3) is 0 Å². The molecule has 1 aromatic rings. The molecule has 2 rings (SSSR count). The van der Waals surface area contributed by atoms with Gasteiger partial charge < -0.3 is 10.6 Å². The van der Waals surface area contributed by atoms with E-state index in [1.807, 2.05) is 4.90 Å². The monoisotopic (exact) mass is 270 g/mol. The number of amides is 1. The van der Waals surface area contributed by atoms with Gasteiger partial charge in [-0.1, -0.05) is 11.6 Å². The van der Waals surface area contributed by atoms with Crippen LogP contribution in [0, 0.1) is 5.92 Å². The van der Waals surface area contributed by atoms with Crippen LogP contribution in [0.1, 0.15) is 12.8 Å². The molecule has 0 spiro atoms. The second-order valence-corrected chi connectivity index (χ2v) is 4.60. The molecule has 0 aliphatic carbocycles. The van der Waals surface area contributed by atoms with Crippen molar-refractivity contribution in [3.8, 4) is 0 Å². The average Bonchev–Trinajstić information content (AvgIpc) is 2.39. The van der Waals surface area contributed by atoms with E-state index in [0.717, 1.165) is 19.4 Å². The predicted octanol–water partition coefficient (Wildman–Crippen LogP) is 0.117. The molecule has 1 atom stereocenters. The van der Waals surface area contributed by atoms with Crippen molar-refractivity contribution >= 4 is 29.3 Å². The number of carbonyl (C=O) groups is 1. The van der Waals surface area contributed by atoms with Gasteiger partial charge in [0.2, 0.25) is 11.9 Å². The van der Waals surface area contributed by atoms with Crippen LogP contribution in [0.4, 0.5) is 11.8 Å². The predicted molar refractivity (Wildman–Crippen MR) is 69.0 cm³/mol. The Balaban J connectivity index is 2.22. The lowest BCUT2D eigenvalue weighted by atomic mass is 9.97. The summed E-state index contributed by atoms with van der Waals surface area (Å²) in [5.74, 6) is 5.67. The summed E-state index contributed by atoms with van der Waals surface area (Å²) < 4.78 is 0.